The maximum absolute atomic E-state index is 10.9. The van der Waals surface area contributed by atoms with Gasteiger partial charge in [0.25, 0.3) is 11.3 Å². The molecule has 86 valence electrons. The zero-order valence-corrected chi connectivity index (χ0v) is 9.97. The summed E-state index contributed by atoms with van der Waals surface area (Å²) in [6, 6.07) is 5.21. The van der Waals surface area contributed by atoms with Crippen LogP contribution in [-0.4, -0.2) is 20.8 Å². The molecule has 0 bridgehead atoms. The highest BCUT2D eigenvalue weighted by Crippen LogP contribution is 2.34. The lowest BCUT2D eigenvalue weighted by Gasteiger charge is -2.11. The van der Waals surface area contributed by atoms with E-state index < -0.39 is 11.3 Å². The van der Waals surface area contributed by atoms with Gasteiger partial charge in [-0.25, -0.2) is 4.21 Å². The lowest BCUT2D eigenvalue weighted by Crippen LogP contribution is -2.19. The number of benzene rings is 1. The van der Waals surface area contributed by atoms with Gasteiger partial charge in [0, 0.05) is 18.1 Å². The fourth-order valence-electron chi connectivity index (χ4n) is 1.46. The summed E-state index contributed by atoms with van der Waals surface area (Å²) >= 11 is 3.97. The van der Waals surface area contributed by atoms with Crippen molar-refractivity contribution in [3.63, 3.8) is 0 Å². The van der Waals surface area contributed by atoms with Gasteiger partial charge in [-0.05, 0) is 18.2 Å². The van der Waals surface area contributed by atoms with Crippen molar-refractivity contribution in [1.82, 2.24) is 4.98 Å². The molecular formula is C9H10ClN3O2S. The minimum Gasteiger partial charge on any atom is -0.399 e. The van der Waals surface area contributed by atoms with Gasteiger partial charge in [0.2, 0.25) is 0 Å². The molecule has 1 unspecified atom stereocenters. The van der Waals surface area contributed by atoms with Crippen molar-refractivity contribution < 1.29 is 8.76 Å². The molecule has 0 fully saturated rings. The zero-order valence-electron chi connectivity index (χ0n) is 8.40. The molecule has 0 saturated heterocycles. The van der Waals surface area contributed by atoms with Crippen molar-refractivity contribution in [3.05, 3.63) is 23.2 Å². The fraction of sp³-hybridized carbons (Fsp3) is 0.111. The topological polar surface area (TPSA) is 82.3 Å². The van der Waals surface area contributed by atoms with E-state index in [4.69, 9.17) is 21.9 Å². The summed E-state index contributed by atoms with van der Waals surface area (Å²) in [5.74, 6) is 0.392. The van der Waals surface area contributed by atoms with E-state index in [1.165, 1.54) is 7.05 Å². The van der Waals surface area contributed by atoms with Crippen LogP contribution in [0.15, 0.2) is 18.2 Å². The van der Waals surface area contributed by atoms with Crippen molar-refractivity contribution in [2.75, 3.05) is 17.1 Å². The minimum atomic E-state index is -2.12. The van der Waals surface area contributed by atoms with Crippen LogP contribution in [0, 0.1) is 0 Å². The van der Waals surface area contributed by atoms with E-state index in [1.807, 2.05) is 0 Å². The van der Waals surface area contributed by atoms with Crippen molar-refractivity contribution >= 4 is 45.3 Å². The second-order valence-corrected chi connectivity index (χ2v) is 4.71. The van der Waals surface area contributed by atoms with Gasteiger partial charge < -0.3 is 10.7 Å². The quantitative estimate of drug-likeness (QED) is 0.570. The van der Waals surface area contributed by atoms with Gasteiger partial charge in [0.1, 0.15) is 5.82 Å². The lowest BCUT2D eigenvalue weighted by molar-refractivity contribution is 0.562. The van der Waals surface area contributed by atoms with Crippen LogP contribution in [-0.2, 0) is 11.3 Å². The lowest BCUT2D eigenvalue weighted by atomic mass is 10.2. The third-order valence-electron chi connectivity index (χ3n) is 2.29. The molecule has 7 heteroatoms. The second-order valence-electron chi connectivity index (χ2n) is 3.32. The predicted octanol–water partition coefficient (Wildman–Crippen LogP) is 1.98. The standard InChI is InChI=1S/C9H10ClN3O2S/c1-13(16(14)15)9-8(10)6-3-2-5(11)4-7(6)12-9/h2-4,12H,11H2,1H3,(H,14,15). The Balaban J connectivity index is 2.64. The van der Waals surface area contributed by atoms with Gasteiger partial charge in [0.05, 0.1) is 10.5 Å². The van der Waals surface area contributed by atoms with Gasteiger partial charge in [-0.15, -0.1) is 0 Å². The highest BCUT2D eigenvalue weighted by Gasteiger charge is 2.16. The van der Waals surface area contributed by atoms with Crippen LogP contribution in [0.5, 0.6) is 0 Å². The highest BCUT2D eigenvalue weighted by molar-refractivity contribution is 7.80. The molecule has 0 aliphatic rings. The van der Waals surface area contributed by atoms with Gasteiger partial charge in [-0.2, -0.15) is 0 Å². The molecule has 1 aromatic heterocycles. The van der Waals surface area contributed by atoms with Crippen LogP contribution in [0.3, 0.4) is 0 Å². The molecule has 1 atom stereocenters. The zero-order chi connectivity index (χ0) is 11.9. The number of halogens is 1. The first-order valence-corrected chi connectivity index (χ1v) is 5.86. The van der Waals surface area contributed by atoms with E-state index in [2.05, 4.69) is 4.98 Å². The molecule has 1 heterocycles. The van der Waals surface area contributed by atoms with Crippen LogP contribution in [0.25, 0.3) is 10.9 Å². The average Bonchev–Trinajstić information content (AvgIpc) is 2.54. The van der Waals surface area contributed by atoms with Crippen LogP contribution < -0.4 is 10.0 Å². The van der Waals surface area contributed by atoms with Crippen molar-refractivity contribution in [2.45, 2.75) is 0 Å². The first kappa shape index (κ1) is 11.3. The molecular weight excluding hydrogens is 250 g/mol. The number of H-pyrrole nitrogens is 1. The van der Waals surface area contributed by atoms with Crippen LogP contribution in [0.1, 0.15) is 0 Å². The molecule has 0 radical (unpaired) electrons. The number of aromatic nitrogens is 1. The predicted molar refractivity (Wildman–Crippen MR) is 66.9 cm³/mol. The molecule has 5 nitrogen and oxygen atoms in total. The third kappa shape index (κ3) is 1.75. The number of anilines is 2. The Labute approximate surface area is 99.6 Å². The summed E-state index contributed by atoms with van der Waals surface area (Å²) in [6.07, 6.45) is 0. The number of rotatable bonds is 2. The fourth-order valence-corrected chi connectivity index (χ4v) is 2.14. The molecule has 0 aliphatic heterocycles. The molecule has 2 aromatic rings. The summed E-state index contributed by atoms with van der Waals surface area (Å²) in [5, 5.41) is 1.17. The Morgan fingerprint density at radius 3 is 2.88 bits per heavy atom. The molecule has 4 N–H and O–H groups in total. The number of nitrogen functional groups attached to an aromatic ring is 1. The minimum absolute atomic E-state index is 0.392. The van der Waals surface area contributed by atoms with Crippen molar-refractivity contribution in [3.8, 4) is 0 Å². The Morgan fingerprint density at radius 2 is 2.25 bits per heavy atom. The van der Waals surface area contributed by atoms with E-state index in [9.17, 15) is 4.21 Å². The molecule has 16 heavy (non-hydrogen) atoms. The Kier molecular flexibility index (Phi) is 2.79. The van der Waals surface area contributed by atoms with Gasteiger partial charge in [-0.1, -0.05) is 11.6 Å². The molecule has 1 aromatic carbocycles. The Bertz CT molecular complexity index is 569. The SMILES string of the molecule is CN(c1[nH]c2cc(N)ccc2c1Cl)S(=O)O. The normalized spacial score (nSPS) is 12.9. The van der Waals surface area contributed by atoms with Gasteiger partial charge in [-0.3, -0.25) is 8.86 Å². The van der Waals surface area contributed by atoms with Crippen molar-refractivity contribution in [1.29, 1.82) is 0 Å². The summed E-state index contributed by atoms with van der Waals surface area (Å²) in [5.41, 5.74) is 6.97. The number of nitrogens with one attached hydrogen (secondary N) is 1. The number of nitrogens with zero attached hydrogens (tertiary/aromatic N) is 1. The van der Waals surface area contributed by atoms with E-state index >= 15 is 0 Å². The monoisotopic (exact) mass is 259 g/mol. The van der Waals surface area contributed by atoms with Crippen LogP contribution in [0.2, 0.25) is 5.02 Å². The Hall–Kier alpha value is -1.24. The highest BCUT2D eigenvalue weighted by atomic mass is 35.5. The van der Waals surface area contributed by atoms with Gasteiger partial charge in [0.15, 0.2) is 0 Å². The molecule has 0 saturated carbocycles. The van der Waals surface area contributed by atoms with E-state index in [0.29, 0.717) is 16.5 Å². The summed E-state index contributed by atoms with van der Waals surface area (Å²) in [7, 11) is 1.47. The molecule has 0 spiro atoms. The van der Waals surface area contributed by atoms with E-state index in [0.717, 1.165) is 15.2 Å². The number of aromatic amines is 1. The Morgan fingerprint density at radius 1 is 1.56 bits per heavy atom. The summed E-state index contributed by atoms with van der Waals surface area (Å²) in [6.45, 7) is 0. The maximum atomic E-state index is 10.9. The average molecular weight is 260 g/mol. The summed E-state index contributed by atoms with van der Waals surface area (Å²) in [4.78, 5) is 2.95. The molecule has 2 rings (SSSR count). The second kappa shape index (κ2) is 3.97. The largest absolute Gasteiger partial charge is 0.399 e. The van der Waals surface area contributed by atoms with E-state index in [1.54, 1.807) is 18.2 Å². The number of hydrogen-bond donors (Lipinski definition) is 3. The first-order valence-electron chi connectivity index (χ1n) is 4.42. The number of hydrogen-bond acceptors (Lipinski definition) is 2. The first-order chi connectivity index (χ1) is 7.50. The molecule has 0 amide bonds. The molecule has 0 aliphatic carbocycles. The number of fused-ring (bicyclic) bond motifs is 1. The van der Waals surface area contributed by atoms with Crippen LogP contribution >= 0.6 is 11.6 Å². The summed E-state index contributed by atoms with van der Waals surface area (Å²) < 4.78 is 21.0. The van der Waals surface area contributed by atoms with Crippen molar-refractivity contribution in [2.24, 2.45) is 0 Å². The van der Waals surface area contributed by atoms with E-state index in [-0.39, 0.29) is 0 Å². The maximum Gasteiger partial charge on any atom is 0.262 e. The number of nitrogens with two attached hydrogens (primary N) is 1. The van der Waals surface area contributed by atoms with Crippen LogP contribution in [0.4, 0.5) is 11.5 Å². The van der Waals surface area contributed by atoms with Gasteiger partial charge >= 0.3 is 0 Å². The smallest absolute Gasteiger partial charge is 0.262 e. The third-order valence-corrected chi connectivity index (χ3v) is 3.32.